The lowest BCUT2D eigenvalue weighted by Gasteiger charge is -2.29. The van der Waals surface area contributed by atoms with Gasteiger partial charge in [0.05, 0.1) is 12.7 Å². The van der Waals surface area contributed by atoms with Crippen LogP contribution < -0.4 is 0 Å². The number of phenols is 1. The molecule has 0 amide bonds. The van der Waals surface area contributed by atoms with Crippen molar-refractivity contribution >= 4 is 0 Å². The Hall–Kier alpha value is -1.02. The van der Waals surface area contributed by atoms with Crippen molar-refractivity contribution in [1.29, 1.82) is 0 Å². The third kappa shape index (κ3) is 2.76. The van der Waals surface area contributed by atoms with Gasteiger partial charge in [-0.2, -0.15) is 0 Å². The SMILES string of the molecule is CCC[C@@H]1CC[C@@H](c2ccc(O)cc2)OC1. The number of hydrogen-bond donors (Lipinski definition) is 1. The molecule has 16 heavy (non-hydrogen) atoms. The van der Waals surface area contributed by atoms with Gasteiger partial charge < -0.3 is 9.84 Å². The summed E-state index contributed by atoms with van der Waals surface area (Å²) in [5.74, 6) is 1.07. The van der Waals surface area contributed by atoms with Crippen molar-refractivity contribution in [3.63, 3.8) is 0 Å². The van der Waals surface area contributed by atoms with Crippen LogP contribution in [0.4, 0.5) is 0 Å². The van der Waals surface area contributed by atoms with E-state index in [1.54, 1.807) is 12.1 Å². The molecule has 2 rings (SSSR count). The van der Waals surface area contributed by atoms with Gasteiger partial charge in [0.1, 0.15) is 5.75 Å². The van der Waals surface area contributed by atoms with Crippen molar-refractivity contribution in [1.82, 2.24) is 0 Å². The lowest BCUT2D eigenvalue weighted by Crippen LogP contribution is -2.20. The zero-order valence-corrected chi connectivity index (χ0v) is 9.86. The van der Waals surface area contributed by atoms with E-state index >= 15 is 0 Å². The second kappa shape index (κ2) is 5.35. The molecular weight excluding hydrogens is 200 g/mol. The fourth-order valence-electron chi connectivity index (χ4n) is 2.39. The predicted octanol–water partition coefficient (Wildman–Crippen LogP) is 3.66. The highest BCUT2D eigenvalue weighted by atomic mass is 16.5. The van der Waals surface area contributed by atoms with E-state index in [0.717, 1.165) is 18.9 Å². The van der Waals surface area contributed by atoms with Crippen molar-refractivity contribution in [2.45, 2.75) is 38.7 Å². The average Bonchev–Trinajstić information content (AvgIpc) is 2.32. The summed E-state index contributed by atoms with van der Waals surface area (Å²) in [4.78, 5) is 0. The molecule has 2 heteroatoms. The fourth-order valence-corrected chi connectivity index (χ4v) is 2.39. The summed E-state index contributed by atoms with van der Waals surface area (Å²) in [5.41, 5.74) is 1.19. The Bertz CT molecular complexity index is 310. The van der Waals surface area contributed by atoms with Crippen LogP contribution in [0.1, 0.15) is 44.3 Å². The van der Waals surface area contributed by atoms with Gasteiger partial charge in [0.25, 0.3) is 0 Å². The molecule has 1 aromatic rings. The van der Waals surface area contributed by atoms with Gasteiger partial charge in [-0.15, -0.1) is 0 Å². The van der Waals surface area contributed by atoms with Gasteiger partial charge in [-0.1, -0.05) is 25.5 Å². The second-order valence-corrected chi connectivity index (χ2v) is 4.65. The van der Waals surface area contributed by atoms with Crippen LogP contribution in [0, 0.1) is 5.92 Å². The molecule has 0 aromatic heterocycles. The molecule has 1 fully saturated rings. The summed E-state index contributed by atoms with van der Waals surface area (Å²) in [6.45, 7) is 3.12. The van der Waals surface area contributed by atoms with Crippen molar-refractivity contribution < 1.29 is 9.84 Å². The molecule has 0 aliphatic carbocycles. The number of phenolic OH excluding ortho intramolecular Hbond substituents is 1. The highest BCUT2D eigenvalue weighted by Gasteiger charge is 2.22. The largest absolute Gasteiger partial charge is 0.508 e. The molecule has 0 bridgehead atoms. The third-order valence-electron chi connectivity index (χ3n) is 3.33. The van der Waals surface area contributed by atoms with Crippen molar-refractivity contribution in [2.24, 2.45) is 5.92 Å². The van der Waals surface area contributed by atoms with Gasteiger partial charge >= 0.3 is 0 Å². The normalized spacial score (nSPS) is 25.6. The maximum absolute atomic E-state index is 9.23. The van der Waals surface area contributed by atoms with E-state index in [9.17, 15) is 5.11 Å². The lowest BCUT2D eigenvalue weighted by molar-refractivity contribution is -0.0194. The minimum atomic E-state index is 0.230. The van der Waals surface area contributed by atoms with E-state index in [1.807, 2.05) is 12.1 Å². The van der Waals surface area contributed by atoms with Crippen molar-refractivity contribution in [2.75, 3.05) is 6.61 Å². The van der Waals surface area contributed by atoms with E-state index in [4.69, 9.17) is 4.74 Å². The number of rotatable bonds is 3. The average molecular weight is 220 g/mol. The Labute approximate surface area is 97.3 Å². The molecule has 2 nitrogen and oxygen atoms in total. The van der Waals surface area contributed by atoms with Gasteiger partial charge in [-0.3, -0.25) is 0 Å². The zero-order chi connectivity index (χ0) is 11.4. The van der Waals surface area contributed by atoms with Crippen LogP contribution >= 0.6 is 0 Å². The van der Waals surface area contributed by atoms with E-state index in [1.165, 1.54) is 24.8 Å². The first kappa shape index (κ1) is 11.5. The minimum absolute atomic E-state index is 0.230. The Morgan fingerprint density at radius 2 is 2.00 bits per heavy atom. The fraction of sp³-hybridized carbons (Fsp3) is 0.571. The lowest BCUT2D eigenvalue weighted by atomic mass is 9.92. The summed E-state index contributed by atoms with van der Waals surface area (Å²) in [5, 5.41) is 9.23. The van der Waals surface area contributed by atoms with E-state index in [0.29, 0.717) is 5.75 Å². The first-order valence-corrected chi connectivity index (χ1v) is 6.20. The van der Waals surface area contributed by atoms with E-state index in [-0.39, 0.29) is 6.10 Å². The number of aromatic hydroxyl groups is 1. The monoisotopic (exact) mass is 220 g/mol. The topological polar surface area (TPSA) is 29.5 Å². The Balaban J connectivity index is 1.91. The standard InChI is InChI=1S/C14H20O2/c1-2-3-11-4-9-14(16-10-11)12-5-7-13(15)8-6-12/h5-8,11,14-15H,2-4,9-10H2,1H3/t11-,14+/m1/s1. The first-order valence-electron chi connectivity index (χ1n) is 6.20. The smallest absolute Gasteiger partial charge is 0.115 e. The van der Waals surface area contributed by atoms with Crippen LogP contribution in [0.2, 0.25) is 0 Å². The van der Waals surface area contributed by atoms with Gasteiger partial charge in [-0.05, 0) is 42.9 Å². The van der Waals surface area contributed by atoms with Crippen LogP contribution in [0.25, 0.3) is 0 Å². The van der Waals surface area contributed by atoms with Crippen molar-refractivity contribution in [3.05, 3.63) is 29.8 Å². The predicted molar refractivity (Wildman–Crippen MR) is 64.4 cm³/mol. The molecule has 1 aromatic carbocycles. The van der Waals surface area contributed by atoms with Crippen LogP contribution in [0.3, 0.4) is 0 Å². The maximum Gasteiger partial charge on any atom is 0.115 e. The summed E-state index contributed by atoms with van der Waals surface area (Å²) in [7, 11) is 0. The summed E-state index contributed by atoms with van der Waals surface area (Å²) >= 11 is 0. The highest BCUT2D eigenvalue weighted by Crippen LogP contribution is 2.32. The first-order chi connectivity index (χ1) is 7.79. The van der Waals surface area contributed by atoms with Crippen LogP contribution in [-0.4, -0.2) is 11.7 Å². The maximum atomic E-state index is 9.23. The van der Waals surface area contributed by atoms with Crippen LogP contribution in [0.15, 0.2) is 24.3 Å². The molecule has 0 saturated carbocycles. The van der Waals surface area contributed by atoms with E-state index in [2.05, 4.69) is 6.92 Å². The molecule has 0 radical (unpaired) electrons. The summed E-state index contributed by atoms with van der Waals surface area (Å²) in [6, 6.07) is 7.38. The minimum Gasteiger partial charge on any atom is -0.508 e. The molecule has 1 aliphatic heterocycles. The molecular formula is C14H20O2. The Kier molecular flexibility index (Phi) is 3.83. The quantitative estimate of drug-likeness (QED) is 0.842. The van der Waals surface area contributed by atoms with Gasteiger partial charge in [0.2, 0.25) is 0 Å². The molecule has 0 unspecified atom stereocenters. The molecule has 1 N–H and O–H groups in total. The van der Waals surface area contributed by atoms with Crippen LogP contribution in [0.5, 0.6) is 5.75 Å². The molecule has 88 valence electrons. The number of benzene rings is 1. The van der Waals surface area contributed by atoms with Gasteiger partial charge in [0, 0.05) is 0 Å². The highest BCUT2D eigenvalue weighted by molar-refractivity contribution is 5.27. The molecule has 1 heterocycles. The number of ether oxygens (including phenoxy) is 1. The number of hydrogen-bond acceptors (Lipinski definition) is 2. The summed E-state index contributed by atoms with van der Waals surface area (Å²) in [6.07, 6.45) is 5.13. The molecule has 0 spiro atoms. The molecule has 2 atom stereocenters. The van der Waals surface area contributed by atoms with Crippen molar-refractivity contribution in [3.8, 4) is 5.75 Å². The summed E-state index contributed by atoms with van der Waals surface area (Å²) < 4.78 is 5.89. The second-order valence-electron chi connectivity index (χ2n) is 4.65. The third-order valence-corrected chi connectivity index (χ3v) is 3.33. The molecule has 1 aliphatic rings. The van der Waals surface area contributed by atoms with Gasteiger partial charge in [0.15, 0.2) is 0 Å². The van der Waals surface area contributed by atoms with Crippen LogP contribution in [-0.2, 0) is 4.74 Å². The Morgan fingerprint density at radius 3 is 2.56 bits per heavy atom. The molecule has 1 saturated heterocycles. The van der Waals surface area contributed by atoms with Gasteiger partial charge in [-0.25, -0.2) is 0 Å². The Morgan fingerprint density at radius 1 is 1.25 bits per heavy atom. The zero-order valence-electron chi connectivity index (χ0n) is 9.86. The van der Waals surface area contributed by atoms with E-state index < -0.39 is 0 Å².